The van der Waals surface area contributed by atoms with Crippen LogP contribution in [0.4, 0.5) is 11.4 Å². The molecule has 29 heavy (non-hydrogen) atoms. The molecule has 0 radical (unpaired) electrons. The minimum absolute atomic E-state index is 0.0343. The molecule has 0 spiro atoms. The monoisotopic (exact) mass is 389 g/mol. The number of aromatic nitrogens is 3. The van der Waals surface area contributed by atoms with Crippen LogP contribution in [0.1, 0.15) is 32.0 Å². The molecule has 6 nitrogen and oxygen atoms in total. The highest BCUT2D eigenvalue weighted by molar-refractivity contribution is 5.94. The number of hydrogen-bond acceptors (Lipinski definition) is 4. The lowest BCUT2D eigenvalue weighted by Crippen LogP contribution is -2.33. The topological polar surface area (TPSA) is 63.1 Å². The predicted octanol–water partition coefficient (Wildman–Crippen LogP) is 4.14. The van der Waals surface area contributed by atoms with Crippen LogP contribution in [0, 0.1) is 0 Å². The van der Waals surface area contributed by atoms with Crippen molar-refractivity contribution >= 4 is 17.3 Å². The molecule has 4 rings (SSSR count). The number of likely N-dealkylation sites (N-methyl/N-ethyl adjacent to an activating group) is 1. The number of aryl methyl sites for hydroxylation is 1. The Bertz CT molecular complexity index is 966. The molecule has 0 atom stereocenters. The molecule has 1 aromatic heterocycles. The van der Waals surface area contributed by atoms with Gasteiger partial charge in [-0.15, -0.1) is 10.2 Å². The number of hydrogen-bond donors (Lipinski definition) is 1. The molecule has 6 heteroatoms. The van der Waals surface area contributed by atoms with Crippen LogP contribution >= 0.6 is 0 Å². The van der Waals surface area contributed by atoms with Crippen molar-refractivity contribution in [2.75, 3.05) is 23.3 Å². The van der Waals surface area contributed by atoms with Gasteiger partial charge in [-0.25, -0.2) is 0 Å². The Kier molecular flexibility index (Phi) is 5.89. The maximum Gasteiger partial charge on any atom is 0.243 e. The molecule has 1 aliphatic heterocycles. The van der Waals surface area contributed by atoms with Crippen LogP contribution in [0.5, 0.6) is 0 Å². The molecule has 1 aliphatic rings. The zero-order chi connectivity index (χ0) is 20.1. The predicted molar refractivity (Wildman–Crippen MR) is 116 cm³/mol. The van der Waals surface area contributed by atoms with E-state index < -0.39 is 0 Å². The van der Waals surface area contributed by atoms with Gasteiger partial charge in [-0.3, -0.25) is 4.79 Å². The highest BCUT2D eigenvalue weighted by atomic mass is 16.2. The highest BCUT2D eigenvalue weighted by Crippen LogP contribution is 2.25. The van der Waals surface area contributed by atoms with E-state index in [0.717, 1.165) is 54.5 Å². The number of rotatable bonds is 6. The van der Waals surface area contributed by atoms with Crippen molar-refractivity contribution in [3.63, 3.8) is 0 Å². The van der Waals surface area contributed by atoms with Crippen molar-refractivity contribution in [1.29, 1.82) is 0 Å². The zero-order valence-electron chi connectivity index (χ0n) is 16.8. The number of carbonyl (C=O) groups is 1. The molecular weight excluding hydrogens is 362 g/mol. The Hall–Kier alpha value is -3.15. The van der Waals surface area contributed by atoms with E-state index in [1.54, 1.807) is 0 Å². The molecule has 3 aromatic rings. The summed E-state index contributed by atoms with van der Waals surface area (Å²) < 4.78 is 2.22. The average molecular weight is 390 g/mol. The van der Waals surface area contributed by atoms with E-state index >= 15 is 0 Å². The molecule has 2 heterocycles. The minimum Gasteiger partial charge on any atom is -0.362 e. The number of fused-ring (bicyclic) bond motifs is 1. The van der Waals surface area contributed by atoms with Crippen LogP contribution < -0.4 is 10.2 Å². The summed E-state index contributed by atoms with van der Waals surface area (Å²) in [4.78, 5) is 14.7. The summed E-state index contributed by atoms with van der Waals surface area (Å²) in [7, 11) is 0. The van der Waals surface area contributed by atoms with Gasteiger partial charge in [0.2, 0.25) is 5.91 Å². The van der Waals surface area contributed by atoms with Crippen LogP contribution in [0.2, 0.25) is 0 Å². The van der Waals surface area contributed by atoms with E-state index in [9.17, 15) is 4.79 Å². The quantitative estimate of drug-likeness (QED) is 0.688. The van der Waals surface area contributed by atoms with Gasteiger partial charge in [0.05, 0.1) is 6.54 Å². The number of nitrogens with zero attached hydrogens (tertiary/aromatic N) is 4. The molecule has 0 saturated carbocycles. The van der Waals surface area contributed by atoms with Gasteiger partial charge in [-0.1, -0.05) is 36.8 Å². The van der Waals surface area contributed by atoms with E-state index in [0.29, 0.717) is 6.54 Å². The Labute approximate surface area is 171 Å². The van der Waals surface area contributed by atoms with Crippen molar-refractivity contribution in [2.24, 2.45) is 0 Å². The number of anilines is 2. The van der Waals surface area contributed by atoms with Gasteiger partial charge in [0.25, 0.3) is 0 Å². The maximum absolute atomic E-state index is 12.6. The van der Waals surface area contributed by atoms with E-state index in [2.05, 4.69) is 31.9 Å². The van der Waals surface area contributed by atoms with E-state index in [1.807, 2.05) is 54.6 Å². The summed E-state index contributed by atoms with van der Waals surface area (Å²) in [6.07, 6.45) is 4.54. The Morgan fingerprint density at radius 1 is 1.07 bits per heavy atom. The lowest BCUT2D eigenvalue weighted by atomic mass is 10.2. The van der Waals surface area contributed by atoms with Crippen molar-refractivity contribution in [3.05, 3.63) is 60.4 Å². The molecule has 0 bridgehead atoms. The second-order valence-electron chi connectivity index (χ2n) is 7.38. The summed E-state index contributed by atoms with van der Waals surface area (Å²) in [5, 5.41) is 11.8. The van der Waals surface area contributed by atoms with Crippen molar-refractivity contribution < 1.29 is 4.79 Å². The third-order valence-corrected chi connectivity index (χ3v) is 5.35. The van der Waals surface area contributed by atoms with Gasteiger partial charge >= 0.3 is 0 Å². The summed E-state index contributed by atoms with van der Waals surface area (Å²) >= 11 is 0. The third-order valence-electron chi connectivity index (χ3n) is 5.35. The second-order valence-corrected chi connectivity index (χ2v) is 7.38. The molecule has 150 valence electrons. The van der Waals surface area contributed by atoms with Crippen LogP contribution in [0.3, 0.4) is 0 Å². The molecule has 0 unspecified atom stereocenters. The first-order valence-corrected chi connectivity index (χ1v) is 10.4. The lowest BCUT2D eigenvalue weighted by molar-refractivity contribution is -0.115. The molecule has 1 N–H and O–H groups in total. The molecule has 2 aromatic carbocycles. The standard InChI is InChI=1S/C23H27N5O/c1-2-27(20-12-5-3-6-13-20)17-22(29)24-19-11-9-10-18(16-19)23-26-25-21-14-7-4-8-15-28(21)23/h3,5-6,9-13,16H,2,4,7-8,14-15,17H2,1H3,(H,24,29). The lowest BCUT2D eigenvalue weighted by Gasteiger charge is -2.22. The highest BCUT2D eigenvalue weighted by Gasteiger charge is 2.16. The largest absolute Gasteiger partial charge is 0.362 e. The van der Waals surface area contributed by atoms with E-state index in [4.69, 9.17) is 0 Å². The van der Waals surface area contributed by atoms with Gasteiger partial charge < -0.3 is 14.8 Å². The number of para-hydroxylation sites is 1. The van der Waals surface area contributed by atoms with Gasteiger partial charge in [0, 0.05) is 36.4 Å². The van der Waals surface area contributed by atoms with Crippen LogP contribution in [0.25, 0.3) is 11.4 Å². The molecule has 0 aliphatic carbocycles. The smallest absolute Gasteiger partial charge is 0.243 e. The summed E-state index contributed by atoms with van der Waals surface area (Å²) in [5.41, 5.74) is 2.81. The zero-order valence-corrected chi connectivity index (χ0v) is 16.8. The summed E-state index contributed by atoms with van der Waals surface area (Å²) in [6.45, 7) is 4.09. The van der Waals surface area contributed by atoms with Crippen molar-refractivity contribution in [3.8, 4) is 11.4 Å². The number of carbonyl (C=O) groups excluding carboxylic acids is 1. The SMILES string of the molecule is CCN(CC(=O)Nc1cccc(-c2nnc3n2CCCCC3)c1)c1ccccc1. The fourth-order valence-electron chi connectivity index (χ4n) is 3.83. The molecule has 1 amide bonds. The number of amides is 1. The summed E-state index contributed by atoms with van der Waals surface area (Å²) in [5.74, 6) is 1.92. The van der Waals surface area contributed by atoms with Crippen LogP contribution in [-0.4, -0.2) is 33.8 Å². The maximum atomic E-state index is 12.6. The summed E-state index contributed by atoms with van der Waals surface area (Å²) in [6, 6.07) is 17.9. The third kappa shape index (κ3) is 4.47. The van der Waals surface area contributed by atoms with Crippen LogP contribution in [-0.2, 0) is 17.8 Å². The van der Waals surface area contributed by atoms with Gasteiger partial charge in [-0.05, 0) is 44.0 Å². The Morgan fingerprint density at radius 3 is 2.76 bits per heavy atom. The Balaban J connectivity index is 1.48. The number of benzene rings is 2. The van der Waals surface area contributed by atoms with E-state index in [-0.39, 0.29) is 5.91 Å². The fraction of sp³-hybridized carbons (Fsp3) is 0.348. The second kappa shape index (κ2) is 8.90. The minimum atomic E-state index is -0.0343. The van der Waals surface area contributed by atoms with Gasteiger partial charge in [0.1, 0.15) is 5.82 Å². The normalized spacial score (nSPS) is 13.4. The molecule has 0 saturated heterocycles. The molecule has 0 fully saturated rings. The van der Waals surface area contributed by atoms with Gasteiger partial charge in [-0.2, -0.15) is 0 Å². The van der Waals surface area contributed by atoms with Crippen LogP contribution in [0.15, 0.2) is 54.6 Å². The van der Waals surface area contributed by atoms with Gasteiger partial charge in [0.15, 0.2) is 5.82 Å². The first-order chi connectivity index (χ1) is 14.2. The molecular formula is C23H27N5O. The van der Waals surface area contributed by atoms with Crippen molar-refractivity contribution in [1.82, 2.24) is 14.8 Å². The van der Waals surface area contributed by atoms with E-state index in [1.165, 1.54) is 12.8 Å². The fourth-order valence-corrected chi connectivity index (χ4v) is 3.83. The average Bonchev–Trinajstić information content (AvgIpc) is 3.01. The first kappa shape index (κ1) is 19.2. The number of nitrogens with one attached hydrogen (secondary N) is 1. The van der Waals surface area contributed by atoms with Crippen molar-refractivity contribution in [2.45, 2.75) is 39.2 Å². The first-order valence-electron chi connectivity index (χ1n) is 10.4. The Morgan fingerprint density at radius 2 is 1.93 bits per heavy atom.